The molecule has 116 valence electrons. The van der Waals surface area contributed by atoms with Gasteiger partial charge in [0.25, 0.3) is 0 Å². The highest BCUT2D eigenvalue weighted by molar-refractivity contribution is 5.38. The predicted molar refractivity (Wildman–Crippen MR) is 89.7 cm³/mol. The molecule has 2 aliphatic rings. The Labute approximate surface area is 129 Å². The summed E-state index contributed by atoms with van der Waals surface area (Å²) in [5.74, 6) is 0.825. The third-order valence-corrected chi connectivity index (χ3v) is 5.57. The van der Waals surface area contributed by atoms with Crippen molar-refractivity contribution in [3.05, 3.63) is 35.4 Å². The SMILES string of the molecule is CN(CC1CCCNC1)C1CCC(C)(C)c2ccccc21. The topological polar surface area (TPSA) is 15.3 Å². The summed E-state index contributed by atoms with van der Waals surface area (Å²) in [6, 6.07) is 9.72. The molecule has 1 aromatic carbocycles. The minimum atomic E-state index is 0.334. The maximum atomic E-state index is 3.55. The Hall–Kier alpha value is -0.860. The third-order valence-electron chi connectivity index (χ3n) is 5.57. The zero-order valence-corrected chi connectivity index (χ0v) is 13.9. The van der Waals surface area contributed by atoms with Gasteiger partial charge in [-0.25, -0.2) is 0 Å². The van der Waals surface area contributed by atoms with Crippen LogP contribution in [0.3, 0.4) is 0 Å². The van der Waals surface area contributed by atoms with Crippen LogP contribution in [0.1, 0.15) is 56.7 Å². The van der Waals surface area contributed by atoms with Crippen LogP contribution in [0.5, 0.6) is 0 Å². The number of rotatable bonds is 3. The summed E-state index contributed by atoms with van der Waals surface area (Å²) in [6.07, 6.45) is 5.31. The van der Waals surface area contributed by atoms with Crippen LogP contribution in [0.25, 0.3) is 0 Å². The molecule has 2 atom stereocenters. The van der Waals surface area contributed by atoms with Gasteiger partial charge in [-0.05, 0) is 68.3 Å². The fourth-order valence-electron chi connectivity index (χ4n) is 4.26. The first kappa shape index (κ1) is 15.1. The first-order chi connectivity index (χ1) is 10.1. The molecule has 2 nitrogen and oxygen atoms in total. The summed E-state index contributed by atoms with van der Waals surface area (Å²) in [5.41, 5.74) is 3.47. The van der Waals surface area contributed by atoms with E-state index in [0.717, 1.165) is 5.92 Å². The molecule has 0 saturated carbocycles. The van der Waals surface area contributed by atoms with E-state index in [-0.39, 0.29) is 0 Å². The number of hydrogen-bond acceptors (Lipinski definition) is 2. The molecular weight excluding hydrogens is 256 g/mol. The Kier molecular flexibility index (Phi) is 4.37. The van der Waals surface area contributed by atoms with E-state index in [4.69, 9.17) is 0 Å². The molecule has 0 aromatic heterocycles. The standard InChI is InChI=1S/C19H30N2/c1-19(2)11-10-18(16-8-4-5-9-17(16)19)21(3)14-15-7-6-12-20-13-15/h4-5,8-9,15,18,20H,6-7,10-14H2,1-3H3. The first-order valence-corrected chi connectivity index (χ1v) is 8.58. The van der Waals surface area contributed by atoms with Crippen molar-refractivity contribution in [2.24, 2.45) is 5.92 Å². The molecule has 1 N–H and O–H groups in total. The minimum Gasteiger partial charge on any atom is -0.316 e. The van der Waals surface area contributed by atoms with Crippen LogP contribution in [0, 0.1) is 5.92 Å². The molecule has 1 heterocycles. The maximum Gasteiger partial charge on any atom is 0.0348 e. The summed E-state index contributed by atoms with van der Waals surface area (Å²) in [5, 5.41) is 3.55. The Morgan fingerprint density at radius 3 is 2.81 bits per heavy atom. The average Bonchev–Trinajstić information content (AvgIpc) is 2.48. The van der Waals surface area contributed by atoms with Crippen molar-refractivity contribution in [1.29, 1.82) is 0 Å². The molecule has 21 heavy (non-hydrogen) atoms. The zero-order valence-electron chi connectivity index (χ0n) is 13.9. The van der Waals surface area contributed by atoms with Gasteiger partial charge in [-0.15, -0.1) is 0 Å². The van der Waals surface area contributed by atoms with E-state index in [1.807, 2.05) is 0 Å². The van der Waals surface area contributed by atoms with Gasteiger partial charge in [0.2, 0.25) is 0 Å². The lowest BCUT2D eigenvalue weighted by Crippen LogP contribution is -2.40. The van der Waals surface area contributed by atoms with Crippen LogP contribution in [0.15, 0.2) is 24.3 Å². The van der Waals surface area contributed by atoms with Crippen molar-refractivity contribution >= 4 is 0 Å². The second kappa shape index (κ2) is 6.10. The molecule has 0 radical (unpaired) electrons. The minimum absolute atomic E-state index is 0.334. The van der Waals surface area contributed by atoms with Gasteiger partial charge >= 0.3 is 0 Å². The molecule has 1 fully saturated rings. The molecule has 1 aromatic rings. The van der Waals surface area contributed by atoms with Gasteiger partial charge < -0.3 is 5.32 Å². The van der Waals surface area contributed by atoms with E-state index < -0.39 is 0 Å². The van der Waals surface area contributed by atoms with Gasteiger partial charge in [0, 0.05) is 12.6 Å². The number of fused-ring (bicyclic) bond motifs is 1. The molecule has 0 bridgehead atoms. The largest absolute Gasteiger partial charge is 0.316 e. The van der Waals surface area contributed by atoms with E-state index in [2.05, 4.69) is 55.4 Å². The molecule has 1 aliphatic heterocycles. The zero-order chi connectivity index (χ0) is 14.9. The van der Waals surface area contributed by atoms with Crippen LogP contribution in [-0.4, -0.2) is 31.6 Å². The average molecular weight is 286 g/mol. The van der Waals surface area contributed by atoms with Crippen molar-refractivity contribution in [1.82, 2.24) is 10.2 Å². The van der Waals surface area contributed by atoms with Gasteiger partial charge in [-0.2, -0.15) is 0 Å². The Balaban J connectivity index is 1.76. The summed E-state index contributed by atoms with van der Waals surface area (Å²) in [7, 11) is 2.33. The predicted octanol–water partition coefficient (Wildman–Crippen LogP) is 3.73. The molecular formula is C19H30N2. The second-order valence-electron chi connectivity index (χ2n) is 7.68. The van der Waals surface area contributed by atoms with E-state index >= 15 is 0 Å². The molecule has 0 spiro atoms. The van der Waals surface area contributed by atoms with Crippen LogP contribution in [0.2, 0.25) is 0 Å². The highest BCUT2D eigenvalue weighted by Crippen LogP contribution is 2.43. The van der Waals surface area contributed by atoms with E-state index in [1.54, 1.807) is 11.1 Å². The van der Waals surface area contributed by atoms with Gasteiger partial charge in [0.1, 0.15) is 0 Å². The van der Waals surface area contributed by atoms with Crippen molar-refractivity contribution in [3.8, 4) is 0 Å². The van der Waals surface area contributed by atoms with Crippen molar-refractivity contribution < 1.29 is 0 Å². The number of nitrogens with one attached hydrogen (secondary N) is 1. The normalized spacial score (nSPS) is 28.4. The smallest absolute Gasteiger partial charge is 0.0348 e. The summed E-state index contributed by atoms with van der Waals surface area (Å²) in [6.45, 7) is 8.43. The summed E-state index contributed by atoms with van der Waals surface area (Å²) in [4.78, 5) is 2.62. The number of benzene rings is 1. The fourth-order valence-corrected chi connectivity index (χ4v) is 4.26. The van der Waals surface area contributed by atoms with Crippen LogP contribution in [0.4, 0.5) is 0 Å². The lowest BCUT2D eigenvalue weighted by atomic mass is 9.70. The summed E-state index contributed by atoms with van der Waals surface area (Å²) >= 11 is 0. The lowest BCUT2D eigenvalue weighted by molar-refractivity contribution is 0.162. The van der Waals surface area contributed by atoms with E-state index in [1.165, 1.54) is 45.3 Å². The third kappa shape index (κ3) is 3.17. The van der Waals surface area contributed by atoms with Crippen LogP contribution in [-0.2, 0) is 5.41 Å². The molecule has 0 amide bonds. The fraction of sp³-hybridized carbons (Fsp3) is 0.684. The molecule has 1 saturated heterocycles. The first-order valence-electron chi connectivity index (χ1n) is 8.58. The number of piperidine rings is 1. The molecule has 1 aliphatic carbocycles. The molecule has 2 unspecified atom stereocenters. The van der Waals surface area contributed by atoms with Gasteiger partial charge in [-0.1, -0.05) is 38.1 Å². The van der Waals surface area contributed by atoms with Crippen LogP contribution >= 0.6 is 0 Å². The number of hydrogen-bond donors (Lipinski definition) is 1. The van der Waals surface area contributed by atoms with E-state index in [0.29, 0.717) is 11.5 Å². The summed E-state index contributed by atoms with van der Waals surface area (Å²) < 4.78 is 0. The van der Waals surface area contributed by atoms with Gasteiger partial charge in [0.15, 0.2) is 0 Å². The highest BCUT2D eigenvalue weighted by Gasteiger charge is 2.34. The molecule has 3 rings (SSSR count). The van der Waals surface area contributed by atoms with Crippen molar-refractivity contribution in [3.63, 3.8) is 0 Å². The Bertz CT molecular complexity index is 474. The van der Waals surface area contributed by atoms with E-state index in [9.17, 15) is 0 Å². The Morgan fingerprint density at radius 2 is 2.05 bits per heavy atom. The van der Waals surface area contributed by atoms with Gasteiger partial charge in [-0.3, -0.25) is 4.90 Å². The monoisotopic (exact) mass is 286 g/mol. The quantitative estimate of drug-likeness (QED) is 0.911. The maximum absolute atomic E-state index is 3.55. The second-order valence-corrected chi connectivity index (χ2v) is 7.68. The number of nitrogens with zero attached hydrogens (tertiary/aromatic N) is 1. The Morgan fingerprint density at radius 1 is 1.24 bits per heavy atom. The van der Waals surface area contributed by atoms with Crippen molar-refractivity contribution in [2.75, 3.05) is 26.7 Å². The van der Waals surface area contributed by atoms with Gasteiger partial charge in [0.05, 0.1) is 0 Å². The van der Waals surface area contributed by atoms with Crippen molar-refractivity contribution in [2.45, 2.75) is 51.0 Å². The lowest BCUT2D eigenvalue weighted by Gasteiger charge is -2.42. The highest BCUT2D eigenvalue weighted by atomic mass is 15.1. The van der Waals surface area contributed by atoms with Crippen LogP contribution < -0.4 is 5.32 Å². The molecule has 2 heteroatoms.